The number of nitriles is 1. The molecule has 102 valence electrons. The SMILES string of the molecule is Cc1ccc(C(C)C)c(Oc2cc(F)cc(C#N)c2)c1. The number of aryl methyl sites for hydroxylation is 1. The maximum Gasteiger partial charge on any atom is 0.131 e. The summed E-state index contributed by atoms with van der Waals surface area (Å²) in [7, 11) is 0. The Kier molecular flexibility index (Phi) is 4.05. The third-order valence-electron chi connectivity index (χ3n) is 3.02. The van der Waals surface area contributed by atoms with E-state index < -0.39 is 5.82 Å². The number of hydrogen-bond acceptors (Lipinski definition) is 2. The van der Waals surface area contributed by atoms with Gasteiger partial charge in [0.05, 0.1) is 11.6 Å². The molecule has 0 N–H and O–H groups in total. The maximum absolute atomic E-state index is 13.4. The van der Waals surface area contributed by atoms with E-state index in [1.54, 1.807) is 0 Å². The number of rotatable bonds is 3. The van der Waals surface area contributed by atoms with Crippen LogP contribution in [0.1, 0.15) is 36.5 Å². The van der Waals surface area contributed by atoms with Gasteiger partial charge in [0, 0.05) is 6.07 Å². The van der Waals surface area contributed by atoms with Gasteiger partial charge in [0.15, 0.2) is 0 Å². The van der Waals surface area contributed by atoms with Crippen molar-refractivity contribution >= 4 is 0 Å². The highest BCUT2D eigenvalue weighted by Gasteiger charge is 2.10. The molecule has 2 rings (SSSR count). The smallest absolute Gasteiger partial charge is 0.131 e. The summed E-state index contributed by atoms with van der Waals surface area (Å²) in [6.45, 7) is 6.12. The molecule has 0 aliphatic carbocycles. The molecule has 0 bridgehead atoms. The van der Waals surface area contributed by atoms with E-state index in [1.807, 2.05) is 31.2 Å². The third-order valence-corrected chi connectivity index (χ3v) is 3.02. The number of ether oxygens (including phenoxy) is 1. The van der Waals surface area contributed by atoms with Crippen LogP contribution in [0.15, 0.2) is 36.4 Å². The van der Waals surface area contributed by atoms with E-state index in [2.05, 4.69) is 13.8 Å². The molecule has 0 radical (unpaired) electrons. The average Bonchev–Trinajstić information content (AvgIpc) is 2.37. The second-order valence-corrected chi connectivity index (χ2v) is 5.09. The topological polar surface area (TPSA) is 33.0 Å². The Morgan fingerprint density at radius 1 is 1.15 bits per heavy atom. The lowest BCUT2D eigenvalue weighted by Gasteiger charge is -2.14. The van der Waals surface area contributed by atoms with Crippen LogP contribution in [0.5, 0.6) is 11.5 Å². The Morgan fingerprint density at radius 2 is 1.90 bits per heavy atom. The zero-order valence-corrected chi connectivity index (χ0v) is 11.8. The summed E-state index contributed by atoms with van der Waals surface area (Å²) in [5.41, 5.74) is 2.37. The van der Waals surface area contributed by atoms with Crippen LogP contribution in [0.3, 0.4) is 0 Å². The molecule has 20 heavy (non-hydrogen) atoms. The van der Waals surface area contributed by atoms with Gasteiger partial charge in [-0.05, 0) is 42.2 Å². The van der Waals surface area contributed by atoms with Crippen molar-refractivity contribution in [2.45, 2.75) is 26.7 Å². The molecule has 0 saturated carbocycles. The van der Waals surface area contributed by atoms with E-state index in [0.717, 1.165) is 11.1 Å². The summed E-state index contributed by atoms with van der Waals surface area (Å²) in [6.07, 6.45) is 0. The van der Waals surface area contributed by atoms with Gasteiger partial charge < -0.3 is 4.74 Å². The Balaban J connectivity index is 2.42. The fourth-order valence-corrected chi connectivity index (χ4v) is 2.02. The molecule has 0 saturated heterocycles. The van der Waals surface area contributed by atoms with Gasteiger partial charge in [-0.15, -0.1) is 0 Å². The second-order valence-electron chi connectivity index (χ2n) is 5.09. The Bertz CT molecular complexity index is 671. The van der Waals surface area contributed by atoms with Crippen LogP contribution in [-0.4, -0.2) is 0 Å². The minimum absolute atomic E-state index is 0.249. The predicted molar refractivity (Wildman–Crippen MR) is 76.5 cm³/mol. The molecule has 2 aromatic rings. The first-order valence-corrected chi connectivity index (χ1v) is 6.48. The van der Waals surface area contributed by atoms with Crippen LogP contribution in [0.25, 0.3) is 0 Å². The molecule has 0 atom stereocenters. The average molecular weight is 269 g/mol. The molecule has 2 nitrogen and oxygen atoms in total. The molecule has 0 unspecified atom stereocenters. The second kappa shape index (κ2) is 5.75. The molecule has 3 heteroatoms. The van der Waals surface area contributed by atoms with Crippen molar-refractivity contribution in [1.29, 1.82) is 5.26 Å². The summed E-state index contributed by atoms with van der Waals surface area (Å²) in [6, 6.07) is 11.9. The highest BCUT2D eigenvalue weighted by molar-refractivity contribution is 5.44. The van der Waals surface area contributed by atoms with Gasteiger partial charge in [-0.2, -0.15) is 5.26 Å². The summed E-state index contributed by atoms with van der Waals surface area (Å²) < 4.78 is 19.2. The van der Waals surface area contributed by atoms with Crippen LogP contribution in [0.2, 0.25) is 0 Å². The zero-order chi connectivity index (χ0) is 14.7. The lowest BCUT2D eigenvalue weighted by molar-refractivity contribution is 0.467. The molecule has 0 aliphatic heterocycles. The normalized spacial score (nSPS) is 10.4. The Labute approximate surface area is 118 Å². The van der Waals surface area contributed by atoms with Crippen molar-refractivity contribution < 1.29 is 9.13 Å². The van der Waals surface area contributed by atoms with E-state index in [0.29, 0.717) is 17.4 Å². The molecular formula is C17H16FNO. The predicted octanol–water partition coefficient (Wildman–Crippen LogP) is 4.92. The third kappa shape index (κ3) is 3.16. The van der Waals surface area contributed by atoms with Crippen molar-refractivity contribution in [3.05, 3.63) is 58.9 Å². The number of halogens is 1. The van der Waals surface area contributed by atoms with Crippen molar-refractivity contribution in [2.75, 3.05) is 0 Å². The van der Waals surface area contributed by atoms with Crippen LogP contribution >= 0.6 is 0 Å². The lowest BCUT2D eigenvalue weighted by atomic mass is 10.0. The molecule has 0 spiro atoms. The number of nitrogens with zero attached hydrogens (tertiary/aromatic N) is 1. The molecular weight excluding hydrogens is 253 g/mol. The monoisotopic (exact) mass is 269 g/mol. The molecule has 0 fully saturated rings. The van der Waals surface area contributed by atoms with Gasteiger partial charge in [-0.1, -0.05) is 26.0 Å². The first-order valence-electron chi connectivity index (χ1n) is 6.48. The van der Waals surface area contributed by atoms with Gasteiger partial charge in [0.2, 0.25) is 0 Å². The quantitative estimate of drug-likeness (QED) is 0.792. The van der Waals surface area contributed by atoms with Gasteiger partial charge in [0.1, 0.15) is 17.3 Å². The molecule has 0 aliphatic rings. The number of benzene rings is 2. The molecule has 0 aromatic heterocycles. The maximum atomic E-state index is 13.4. The fourth-order valence-electron chi connectivity index (χ4n) is 2.02. The minimum Gasteiger partial charge on any atom is -0.457 e. The van der Waals surface area contributed by atoms with Gasteiger partial charge in [0.25, 0.3) is 0 Å². The van der Waals surface area contributed by atoms with Crippen LogP contribution in [0, 0.1) is 24.1 Å². The van der Waals surface area contributed by atoms with Gasteiger partial charge >= 0.3 is 0 Å². The zero-order valence-electron chi connectivity index (χ0n) is 11.8. The molecule has 2 aromatic carbocycles. The van der Waals surface area contributed by atoms with Gasteiger partial charge in [-0.25, -0.2) is 4.39 Å². The van der Waals surface area contributed by atoms with E-state index in [-0.39, 0.29) is 5.56 Å². The first kappa shape index (κ1) is 14.1. The van der Waals surface area contributed by atoms with Crippen LogP contribution in [-0.2, 0) is 0 Å². The Morgan fingerprint density at radius 3 is 2.55 bits per heavy atom. The molecule has 0 amide bonds. The summed E-state index contributed by atoms with van der Waals surface area (Å²) in [5, 5.41) is 8.87. The van der Waals surface area contributed by atoms with Crippen molar-refractivity contribution in [1.82, 2.24) is 0 Å². The van der Waals surface area contributed by atoms with E-state index >= 15 is 0 Å². The van der Waals surface area contributed by atoms with Crippen LogP contribution < -0.4 is 4.74 Å². The van der Waals surface area contributed by atoms with Crippen LogP contribution in [0.4, 0.5) is 4.39 Å². The van der Waals surface area contributed by atoms with Gasteiger partial charge in [-0.3, -0.25) is 0 Å². The van der Waals surface area contributed by atoms with E-state index in [4.69, 9.17) is 10.00 Å². The highest BCUT2D eigenvalue weighted by atomic mass is 19.1. The summed E-state index contributed by atoms with van der Waals surface area (Å²) in [5.74, 6) is 0.871. The lowest BCUT2D eigenvalue weighted by Crippen LogP contribution is -1.95. The number of hydrogen-bond donors (Lipinski definition) is 0. The van der Waals surface area contributed by atoms with Crippen molar-refractivity contribution in [2.24, 2.45) is 0 Å². The summed E-state index contributed by atoms with van der Waals surface area (Å²) >= 11 is 0. The van der Waals surface area contributed by atoms with E-state index in [1.165, 1.54) is 18.2 Å². The minimum atomic E-state index is -0.474. The largest absolute Gasteiger partial charge is 0.457 e. The molecule has 0 heterocycles. The van der Waals surface area contributed by atoms with E-state index in [9.17, 15) is 4.39 Å². The van der Waals surface area contributed by atoms with Crippen molar-refractivity contribution in [3.63, 3.8) is 0 Å². The standard InChI is InChI=1S/C17H16FNO/c1-11(2)16-5-4-12(3)6-17(16)20-15-8-13(10-19)7-14(18)9-15/h4-9,11H,1-3H3. The fraction of sp³-hybridized carbons (Fsp3) is 0.235. The Hall–Kier alpha value is -2.34. The van der Waals surface area contributed by atoms with Crippen molar-refractivity contribution in [3.8, 4) is 17.6 Å². The summed E-state index contributed by atoms with van der Waals surface area (Å²) in [4.78, 5) is 0. The first-order chi connectivity index (χ1) is 9.49. The highest BCUT2D eigenvalue weighted by Crippen LogP contribution is 2.32.